The number of hydrogen-bond donors (Lipinski definition) is 0. The molecule has 3 aliphatic rings. The van der Waals surface area contributed by atoms with Gasteiger partial charge in [0.25, 0.3) is 0 Å². The average Bonchev–Trinajstić information content (AvgIpc) is 2.82. The standard InChI is InChI=1S/C27H36F2O3/c1-3-5-17-8-10-18(11-9-17)19-12-13-21-20(16-19)6-4-7-22(21)27(30)32-24-15-14-23(31-2)25(28)26(24)29/h3,5,14-15,17-22H,4,6-13,16H2,1-2H3/b5-3+. The van der Waals surface area contributed by atoms with Crippen molar-refractivity contribution >= 4 is 5.97 Å². The zero-order valence-corrected chi connectivity index (χ0v) is 19.3. The van der Waals surface area contributed by atoms with E-state index in [0.717, 1.165) is 37.0 Å². The first-order valence-corrected chi connectivity index (χ1v) is 12.4. The molecule has 3 saturated carbocycles. The molecular formula is C27H36F2O3. The lowest BCUT2D eigenvalue weighted by Gasteiger charge is -2.45. The van der Waals surface area contributed by atoms with Crippen LogP contribution in [0.5, 0.6) is 11.5 Å². The Morgan fingerprint density at radius 3 is 2.31 bits per heavy atom. The highest BCUT2D eigenvalue weighted by molar-refractivity contribution is 5.75. The number of carbonyl (C=O) groups excluding carboxylic acids is 1. The van der Waals surface area contributed by atoms with Gasteiger partial charge in [-0.25, -0.2) is 0 Å². The van der Waals surface area contributed by atoms with Gasteiger partial charge in [0.15, 0.2) is 11.5 Å². The van der Waals surface area contributed by atoms with Crippen LogP contribution in [0.3, 0.4) is 0 Å². The van der Waals surface area contributed by atoms with Crippen molar-refractivity contribution in [2.45, 2.75) is 71.1 Å². The lowest BCUT2D eigenvalue weighted by atomic mass is 9.59. The number of benzene rings is 1. The fourth-order valence-electron chi connectivity index (χ4n) is 6.74. The maximum absolute atomic E-state index is 14.3. The third kappa shape index (κ3) is 4.87. The number of methoxy groups -OCH3 is 1. The molecule has 4 unspecified atom stereocenters. The smallest absolute Gasteiger partial charge is 0.314 e. The van der Waals surface area contributed by atoms with Crippen LogP contribution in [-0.2, 0) is 4.79 Å². The number of fused-ring (bicyclic) bond motifs is 1. The van der Waals surface area contributed by atoms with Crippen LogP contribution in [0.2, 0.25) is 0 Å². The van der Waals surface area contributed by atoms with E-state index in [2.05, 4.69) is 19.1 Å². The maximum atomic E-state index is 14.3. The topological polar surface area (TPSA) is 35.5 Å². The molecule has 0 aliphatic heterocycles. The van der Waals surface area contributed by atoms with Gasteiger partial charge in [-0.3, -0.25) is 4.79 Å². The Hall–Kier alpha value is -1.91. The zero-order valence-electron chi connectivity index (χ0n) is 19.3. The molecule has 0 N–H and O–H groups in total. The summed E-state index contributed by atoms with van der Waals surface area (Å²) in [7, 11) is 1.27. The summed E-state index contributed by atoms with van der Waals surface area (Å²) in [6.07, 6.45) is 16.2. The molecule has 1 aromatic rings. The minimum atomic E-state index is -1.16. The van der Waals surface area contributed by atoms with Gasteiger partial charge in [-0.1, -0.05) is 25.0 Å². The second kappa shape index (κ2) is 10.4. The SMILES string of the molecule is C/C=C/C1CCC(C2CCC3C(CCCC3C(=O)Oc3ccc(OC)c(F)c3F)C2)CC1. The maximum Gasteiger partial charge on any atom is 0.314 e. The predicted molar refractivity (Wildman–Crippen MR) is 120 cm³/mol. The number of halogens is 2. The molecule has 0 heterocycles. The third-order valence-electron chi connectivity index (χ3n) is 8.38. The Bertz CT molecular complexity index is 828. The first kappa shape index (κ1) is 23.3. The van der Waals surface area contributed by atoms with Crippen LogP contribution in [0, 0.1) is 47.1 Å². The van der Waals surface area contributed by atoms with Crippen LogP contribution in [0.1, 0.15) is 71.1 Å². The number of hydrogen-bond acceptors (Lipinski definition) is 3. The summed E-state index contributed by atoms with van der Waals surface area (Å²) in [6.45, 7) is 2.11. The normalized spacial score (nSPS) is 33.0. The highest BCUT2D eigenvalue weighted by Crippen LogP contribution is 2.50. The van der Waals surface area contributed by atoms with Crippen molar-refractivity contribution < 1.29 is 23.0 Å². The third-order valence-corrected chi connectivity index (χ3v) is 8.38. The van der Waals surface area contributed by atoms with Gasteiger partial charge in [0.2, 0.25) is 11.6 Å². The van der Waals surface area contributed by atoms with E-state index in [-0.39, 0.29) is 17.4 Å². The number of esters is 1. The summed E-state index contributed by atoms with van der Waals surface area (Å²) in [4.78, 5) is 13.0. The summed E-state index contributed by atoms with van der Waals surface area (Å²) < 4.78 is 38.5. The van der Waals surface area contributed by atoms with Crippen LogP contribution in [-0.4, -0.2) is 13.1 Å². The molecule has 0 saturated heterocycles. The van der Waals surface area contributed by atoms with Crippen LogP contribution in [0.4, 0.5) is 8.78 Å². The fraction of sp³-hybridized carbons (Fsp3) is 0.667. The van der Waals surface area contributed by atoms with E-state index < -0.39 is 17.6 Å². The Kier molecular flexibility index (Phi) is 7.52. The molecule has 0 radical (unpaired) electrons. The quantitative estimate of drug-likeness (QED) is 0.275. The van der Waals surface area contributed by atoms with E-state index in [4.69, 9.17) is 9.47 Å². The van der Waals surface area contributed by atoms with Crippen molar-refractivity contribution in [3.8, 4) is 11.5 Å². The van der Waals surface area contributed by atoms with Gasteiger partial charge in [-0.15, -0.1) is 0 Å². The summed E-state index contributed by atoms with van der Waals surface area (Å²) in [5, 5.41) is 0. The number of rotatable bonds is 5. The van der Waals surface area contributed by atoms with E-state index in [0.29, 0.717) is 11.8 Å². The van der Waals surface area contributed by atoms with Gasteiger partial charge >= 0.3 is 5.97 Å². The van der Waals surface area contributed by atoms with Crippen molar-refractivity contribution in [3.63, 3.8) is 0 Å². The first-order chi connectivity index (χ1) is 15.5. The van der Waals surface area contributed by atoms with Crippen molar-refractivity contribution in [1.29, 1.82) is 0 Å². The second-order valence-electron chi connectivity index (χ2n) is 10.1. The van der Waals surface area contributed by atoms with Gasteiger partial charge in [0, 0.05) is 0 Å². The Balaban J connectivity index is 1.37. The minimum absolute atomic E-state index is 0.196. The molecule has 4 rings (SSSR count). The lowest BCUT2D eigenvalue weighted by Crippen LogP contribution is -2.40. The molecule has 1 aromatic carbocycles. The summed E-state index contributed by atoms with van der Waals surface area (Å²) in [5.41, 5.74) is 0. The molecule has 32 heavy (non-hydrogen) atoms. The Labute approximate surface area is 190 Å². The molecule has 176 valence electrons. The zero-order chi connectivity index (χ0) is 22.7. The van der Waals surface area contributed by atoms with E-state index in [1.54, 1.807) is 0 Å². The number of ether oxygens (including phenoxy) is 2. The van der Waals surface area contributed by atoms with Gasteiger partial charge in [-0.05, 0) is 100 Å². The van der Waals surface area contributed by atoms with Gasteiger partial charge in [0.1, 0.15) is 0 Å². The van der Waals surface area contributed by atoms with Crippen molar-refractivity contribution in [2.75, 3.05) is 7.11 Å². The molecule has 0 spiro atoms. The van der Waals surface area contributed by atoms with Crippen LogP contribution in [0.25, 0.3) is 0 Å². The van der Waals surface area contributed by atoms with E-state index >= 15 is 0 Å². The Morgan fingerprint density at radius 1 is 0.906 bits per heavy atom. The van der Waals surface area contributed by atoms with Gasteiger partial charge in [-0.2, -0.15) is 8.78 Å². The van der Waals surface area contributed by atoms with Gasteiger partial charge < -0.3 is 9.47 Å². The van der Waals surface area contributed by atoms with E-state index in [9.17, 15) is 13.6 Å². The van der Waals surface area contributed by atoms with Crippen molar-refractivity contribution in [3.05, 3.63) is 35.9 Å². The lowest BCUT2D eigenvalue weighted by molar-refractivity contribution is -0.144. The van der Waals surface area contributed by atoms with Crippen LogP contribution < -0.4 is 9.47 Å². The predicted octanol–water partition coefficient (Wildman–Crippen LogP) is 7.09. The molecule has 0 amide bonds. The summed E-state index contributed by atoms with van der Waals surface area (Å²) in [5.74, 6) is -0.259. The van der Waals surface area contributed by atoms with E-state index in [1.165, 1.54) is 64.2 Å². The summed E-state index contributed by atoms with van der Waals surface area (Å²) >= 11 is 0. The van der Waals surface area contributed by atoms with Crippen molar-refractivity contribution in [1.82, 2.24) is 0 Å². The highest BCUT2D eigenvalue weighted by Gasteiger charge is 2.43. The molecule has 3 aliphatic carbocycles. The molecule has 3 nitrogen and oxygen atoms in total. The summed E-state index contributed by atoms with van der Waals surface area (Å²) in [6, 6.07) is 2.57. The molecule has 3 fully saturated rings. The highest BCUT2D eigenvalue weighted by atomic mass is 19.2. The van der Waals surface area contributed by atoms with Crippen molar-refractivity contribution in [2.24, 2.45) is 35.5 Å². The molecule has 5 heteroatoms. The number of carbonyl (C=O) groups is 1. The van der Waals surface area contributed by atoms with Gasteiger partial charge in [0.05, 0.1) is 13.0 Å². The molecule has 4 atom stereocenters. The van der Waals surface area contributed by atoms with Crippen LogP contribution in [0.15, 0.2) is 24.3 Å². The Morgan fingerprint density at radius 2 is 1.59 bits per heavy atom. The second-order valence-corrected chi connectivity index (χ2v) is 10.1. The molecular weight excluding hydrogens is 410 g/mol. The van der Waals surface area contributed by atoms with E-state index in [1.807, 2.05) is 0 Å². The van der Waals surface area contributed by atoms with Crippen LogP contribution >= 0.6 is 0 Å². The number of allylic oxidation sites excluding steroid dienone is 2. The first-order valence-electron chi connectivity index (χ1n) is 12.4. The molecule has 0 aromatic heterocycles. The minimum Gasteiger partial charge on any atom is -0.494 e. The largest absolute Gasteiger partial charge is 0.494 e. The monoisotopic (exact) mass is 446 g/mol. The average molecular weight is 447 g/mol. The molecule has 0 bridgehead atoms. The fourth-order valence-corrected chi connectivity index (χ4v) is 6.74.